The molecule has 4 saturated carbocycles. The number of oxime groups is 1. The predicted octanol–water partition coefficient (Wildman–Crippen LogP) is 5.89. The minimum absolute atomic E-state index is 0.0726. The number of nitrogens with zero attached hydrogens (tertiary/aromatic N) is 1. The van der Waals surface area contributed by atoms with Crippen LogP contribution in [0.2, 0.25) is 0 Å². The second kappa shape index (κ2) is 4.99. The zero-order valence-electron chi connectivity index (χ0n) is 15.6. The van der Waals surface area contributed by atoms with Crippen molar-refractivity contribution in [3.8, 4) is 0 Å². The standard InChI is InChI=1S/C21H35NO/c1-19(2)17-8-7-14-15-6-5-11-20(15,3)12-9-16(14)21(17,4)13-10-18(19)22-23/h14-17,23H,5-13H2,1-4H3/b22-18+. The molecule has 4 rings (SSSR count). The highest BCUT2D eigenvalue weighted by Gasteiger charge is 2.61. The lowest BCUT2D eigenvalue weighted by Gasteiger charge is -2.63. The van der Waals surface area contributed by atoms with E-state index in [9.17, 15) is 5.21 Å². The molecule has 6 unspecified atom stereocenters. The zero-order chi connectivity index (χ0) is 16.5. The van der Waals surface area contributed by atoms with Gasteiger partial charge in [-0.05, 0) is 85.9 Å². The van der Waals surface area contributed by atoms with Crippen LogP contribution in [-0.2, 0) is 0 Å². The summed E-state index contributed by atoms with van der Waals surface area (Å²) >= 11 is 0. The Morgan fingerprint density at radius 2 is 1.70 bits per heavy atom. The third kappa shape index (κ3) is 2.02. The van der Waals surface area contributed by atoms with E-state index in [1.165, 1.54) is 51.4 Å². The lowest BCUT2D eigenvalue weighted by Crippen LogP contribution is -2.57. The highest BCUT2D eigenvalue weighted by Crippen LogP contribution is 2.68. The molecule has 0 aromatic carbocycles. The van der Waals surface area contributed by atoms with E-state index in [4.69, 9.17) is 0 Å². The van der Waals surface area contributed by atoms with Crippen molar-refractivity contribution in [1.29, 1.82) is 0 Å². The highest BCUT2D eigenvalue weighted by molar-refractivity contribution is 5.90. The molecule has 1 N–H and O–H groups in total. The van der Waals surface area contributed by atoms with Crippen LogP contribution in [0.5, 0.6) is 0 Å². The van der Waals surface area contributed by atoms with Gasteiger partial charge in [-0.15, -0.1) is 0 Å². The third-order valence-corrected chi connectivity index (χ3v) is 9.29. The number of rotatable bonds is 0. The Labute approximate surface area is 142 Å². The highest BCUT2D eigenvalue weighted by atomic mass is 16.4. The molecule has 0 radical (unpaired) electrons. The second-order valence-electron chi connectivity index (χ2n) is 10.4. The van der Waals surface area contributed by atoms with Crippen molar-refractivity contribution in [2.75, 3.05) is 0 Å². The van der Waals surface area contributed by atoms with Crippen molar-refractivity contribution in [2.24, 2.45) is 45.1 Å². The van der Waals surface area contributed by atoms with Gasteiger partial charge in [0.25, 0.3) is 0 Å². The van der Waals surface area contributed by atoms with Crippen molar-refractivity contribution in [3.63, 3.8) is 0 Å². The fourth-order valence-electron chi connectivity index (χ4n) is 8.08. The van der Waals surface area contributed by atoms with Crippen LogP contribution in [0.15, 0.2) is 5.16 Å². The molecule has 0 bridgehead atoms. The van der Waals surface area contributed by atoms with Gasteiger partial charge in [-0.3, -0.25) is 0 Å². The predicted molar refractivity (Wildman–Crippen MR) is 94.7 cm³/mol. The van der Waals surface area contributed by atoms with Gasteiger partial charge >= 0.3 is 0 Å². The monoisotopic (exact) mass is 317 g/mol. The maximum absolute atomic E-state index is 9.48. The summed E-state index contributed by atoms with van der Waals surface area (Å²) in [6.45, 7) is 9.87. The van der Waals surface area contributed by atoms with Gasteiger partial charge in [-0.25, -0.2) is 0 Å². The molecule has 0 aromatic rings. The minimum atomic E-state index is 0.0726. The largest absolute Gasteiger partial charge is 0.411 e. The zero-order valence-corrected chi connectivity index (χ0v) is 15.6. The van der Waals surface area contributed by atoms with E-state index < -0.39 is 0 Å². The van der Waals surface area contributed by atoms with Crippen LogP contribution in [0.3, 0.4) is 0 Å². The van der Waals surface area contributed by atoms with Gasteiger partial charge in [0.1, 0.15) is 0 Å². The number of hydrogen-bond acceptors (Lipinski definition) is 2. The van der Waals surface area contributed by atoms with E-state index in [2.05, 4.69) is 32.9 Å². The fraction of sp³-hybridized carbons (Fsp3) is 0.952. The van der Waals surface area contributed by atoms with Crippen molar-refractivity contribution in [2.45, 2.75) is 85.5 Å². The van der Waals surface area contributed by atoms with Gasteiger partial charge in [0, 0.05) is 5.41 Å². The van der Waals surface area contributed by atoms with Gasteiger partial charge in [0.05, 0.1) is 5.71 Å². The molecule has 4 aliphatic carbocycles. The first-order valence-corrected chi connectivity index (χ1v) is 10.0. The van der Waals surface area contributed by atoms with E-state index in [1.54, 1.807) is 0 Å². The Bertz CT molecular complexity index is 524. The van der Waals surface area contributed by atoms with E-state index in [0.717, 1.165) is 29.9 Å². The summed E-state index contributed by atoms with van der Waals surface area (Å²) in [6, 6.07) is 0. The molecule has 0 aromatic heterocycles. The second-order valence-corrected chi connectivity index (χ2v) is 10.4. The molecule has 0 heterocycles. The summed E-state index contributed by atoms with van der Waals surface area (Å²) in [5.74, 6) is 3.58. The molecule has 4 fully saturated rings. The molecule has 2 nitrogen and oxygen atoms in total. The maximum atomic E-state index is 9.48. The van der Waals surface area contributed by atoms with E-state index >= 15 is 0 Å². The van der Waals surface area contributed by atoms with Crippen LogP contribution < -0.4 is 0 Å². The number of fused-ring (bicyclic) bond motifs is 5. The van der Waals surface area contributed by atoms with Gasteiger partial charge in [0.2, 0.25) is 0 Å². The first kappa shape index (κ1) is 16.0. The van der Waals surface area contributed by atoms with Crippen molar-refractivity contribution >= 4 is 5.71 Å². The normalized spacial score (nSPS) is 53.5. The molecule has 4 aliphatic rings. The summed E-state index contributed by atoms with van der Waals surface area (Å²) in [6.07, 6.45) is 12.4. The van der Waals surface area contributed by atoms with Gasteiger partial charge in [0.15, 0.2) is 0 Å². The van der Waals surface area contributed by atoms with Gasteiger partial charge < -0.3 is 5.21 Å². The van der Waals surface area contributed by atoms with Crippen LogP contribution in [0, 0.1) is 39.9 Å². The average Bonchev–Trinajstić information content (AvgIpc) is 2.88. The Hall–Kier alpha value is -0.530. The summed E-state index contributed by atoms with van der Waals surface area (Å²) in [5.41, 5.74) is 2.25. The topological polar surface area (TPSA) is 32.6 Å². The van der Waals surface area contributed by atoms with Crippen LogP contribution in [0.4, 0.5) is 0 Å². The number of hydrogen-bond donors (Lipinski definition) is 1. The smallest absolute Gasteiger partial charge is 0.0630 e. The van der Waals surface area contributed by atoms with Crippen LogP contribution in [0.1, 0.15) is 85.5 Å². The Morgan fingerprint density at radius 3 is 2.43 bits per heavy atom. The summed E-state index contributed by atoms with van der Waals surface area (Å²) < 4.78 is 0. The molecule has 23 heavy (non-hydrogen) atoms. The van der Waals surface area contributed by atoms with Gasteiger partial charge in [-0.1, -0.05) is 39.3 Å². The molecular formula is C21H35NO. The third-order valence-electron chi connectivity index (χ3n) is 9.29. The van der Waals surface area contributed by atoms with Crippen molar-refractivity contribution < 1.29 is 5.21 Å². The molecular weight excluding hydrogens is 282 g/mol. The van der Waals surface area contributed by atoms with E-state index in [1.807, 2.05) is 0 Å². The van der Waals surface area contributed by atoms with Crippen LogP contribution in [-0.4, -0.2) is 10.9 Å². The summed E-state index contributed by atoms with van der Waals surface area (Å²) in [5, 5.41) is 13.2. The molecule has 0 spiro atoms. The Kier molecular flexibility index (Phi) is 3.46. The fourth-order valence-corrected chi connectivity index (χ4v) is 8.08. The molecule has 0 saturated heterocycles. The quantitative estimate of drug-likeness (QED) is 0.439. The molecule has 0 amide bonds. The average molecular weight is 318 g/mol. The molecule has 130 valence electrons. The Balaban J connectivity index is 1.68. The van der Waals surface area contributed by atoms with Crippen LogP contribution in [0.25, 0.3) is 0 Å². The summed E-state index contributed by atoms with van der Waals surface area (Å²) in [7, 11) is 0. The maximum Gasteiger partial charge on any atom is 0.0630 e. The van der Waals surface area contributed by atoms with Crippen LogP contribution >= 0.6 is 0 Å². The first-order chi connectivity index (χ1) is 10.8. The Morgan fingerprint density at radius 1 is 0.913 bits per heavy atom. The lowest BCUT2D eigenvalue weighted by molar-refractivity contribution is -0.116. The minimum Gasteiger partial charge on any atom is -0.411 e. The van der Waals surface area contributed by atoms with Crippen molar-refractivity contribution in [1.82, 2.24) is 0 Å². The van der Waals surface area contributed by atoms with Crippen molar-refractivity contribution in [3.05, 3.63) is 0 Å². The molecule has 0 aliphatic heterocycles. The van der Waals surface area contributed by atoms with Gasteiger partial charge in [-0.2, -0.15) is 0 Å². The lowest BCUT2D eigenvalue weighted by atomic mass is 9.41. The first-order valence-electron chi connectivity index (χ1n) is 10.0. The SMILES string of the molecule is CC12CCCC1C1CCC3C(C)(C)/C(=N/O)CCC3(C)C1CC2. The van der Waals surface area contributed by atoms with E-state index in [0.29, 0.717) is 16.7 Å². The molecule has 6 atom stereocenters. The van der Waals surface area contributed by atoms with E-state index in [-0.39, 0.29) is 5.41 Å². The summed E-state index contributed by atoms with van der Waals surface area (Å²) in [4.78, 5) is 0. The molecule has 2 heteroatoms.